The number of pyridine rings is 6. The number of halogens is 15. The van der Waals surface area contributed by atoms with Crippen molar-refractivity contribution in [1.82, 2.24) is 50.1 Å². The van der Waals surface area contributed by atoms with Crippen molar-refractivity contribution in [3.8, 4) is 50.6 Å². The highest BCUT2D eigenvalue weighted by molar-refractivity contribution is 14.0. The van der Waals surface area contributed by atoms with E-state index in [1.54, 1.807) is 101 Å². The number of ether oxygens (including phenoxy) is 7. The van der Waals surface area contributed by atoms with E-state index in [1.807, 2.05) is 11.4 Å². The second-order valence-electron chi connectivity index (χ2n) is 24.5. The third kappa shape index (κ3) is 26.5. The van der Waals surface area contributed by atoms with Crippen LogP contribution >= 0.6 is 141 Å². The molecule has 0 saturated heterocycles. The molecule has 0 atom stereocenters. The Kier molecular flexibility index (Phi) is 39.5. The number of aromatic nitrogens is 8. The summed E-state index contributed by atoms with van der Waals surface area (Å²) in [5.74, 6) is -8.59. The van der Waals surface area contributed by atoms with Crippen molar-refractivity contribution in [3.63, 3.8) is 0 Å². The van der Waals surface area contributed by atoms with Gasteiger partial charge in [-0.3, -0.25) is 58.4 Å². The first kappa shape index (κ1) is 104. The molecule has 10 aromatic heterocycles. The summed E-state index contributed by atoms with van der Waals surface area (Å²) >= 11 is 32.5. The molecule has 13 aromatic rings. The predicted molar refractivity (Wildman–Crippen MR) is 485 cm³/mol. The van der Waals surface area contributed by atoms with Crippen molar-refractivity contribution in [2.45, 2.75) is 46.6 Å². The van der Waals surface area contributed by atoms with Gasteiger partial charge in [0.25, 0.3) is 35.7 Å². The van der Waals surface area contributed by atoms with E-state index in [0.717, 1.165) is 43.8 Å². The maximum absolute atomic E-state index is 13.8. The van der Waals surface area contributed by atoms with Crippen molar-refractivity contribution >= 4 is 247 Å². The lowest BCUT2D eigenvalue weighted by Gasteiger charge is -2.16. The number of nitrogens with zero attached hydrogens (tertiary/aromatic N) is 8. The number of fused-ring (bicyclic) bond motifs is 4. The minimum atomic E-state index is -3.57. The topological polar surface area (TPSA) is 413 Å². The van der Waals surface area contributed by atoms with Gasteiger partial charge in [0.05, 0.1) is 154 Å². The van der Waals surface area contributed by atoms with Crippen LogP contribution in [0.5, 0.6) is 17.2 Å². The Morgan fingerprint density at radius 1 is 0.531 bits per heavy atom. The molecular weight excluding hydrogens is 2140 g/mol. The molecule has 0 spiro atoms. The van der Waals surface area contributed by atoms with E-state index in [4.69, 9.17) is 78.9 Å². The first-order valence-electron chi connectivity index (χ1n) is 35.2. The summed E-state index contributed by atoms with van der Waals surface area (Å²) in [7, 11) is 3.92. The normalized spacial score (nSPS) is 10.7. The Hall–Kier alpha value is -11.3. The number of carboxylic acids is 1. The van der Waals surface area contributed by atoms with Gasteiger partial charge in [0.2, 0.25) is 0 Å². The molecule has 13 rings (SSSR count). The lowest BCUT2D eigenvalue weighted by molar-refractivity contribution is -0.174. The Labute approximate surface area is 788 Å². The highest BCUT2D eigenvalue weighted by Crippen LogP contribution is 2.44. The van der Waals surface area contributed by atoms with Gasteiger partial charge in [0, 0.05) is 110 Å². The number of rotatable bonds is 25. The van der Waals surface area contributed by atoms with Crippen molar-refractivity contribution < 1.29 is 118 Å². The van der Waals surface area contributed by atoms with Crippen molar-refractivity contribution in [3.05, 3.63) is 217 Å². The van der Waals surface area contributed by atoms with Crippen LogP contribution in [0.3, 0.4) is 0 Å². The summed E-state index contributed by atoms with van der Waals surface area (Å²) in [6.45, 7) is 1.30. The molecular formula is C80H65Br3Cl3F8IN12O18S3. The molecule has 0 unspecified atom stereocenters. The van der Waals surface area contributed by atoms with Crippen LogP contribution in [0.1, 0.15) is 79.8 Å². The zero-order valence-corrected chi connectivity index (χ0v) is 76.7. The molecule has 0 bridgehead atoms. The summed E-state index contributed by atoms with van der Waals surface area (Å²) < 4.78 is 137. The smallest absolute Gasteiger partial charge is 0.381 e. The Morgan fingerprint density at radius 3 is 1.29 bits per heavy atom. The molecule has 48 heteroatoms. The average Bonchev–Trinajstić information content (AvgIpc) is 1.67. The number of nitrogens with two attached hydrogens (primary N) is 1. The molecule has 0 saturated carbocycles. The molecule has 0 radical (unpaired) electrons. The van der Waals surface area contributed by atoms with E-state index in [0.29, 0.717) is 101 Å². The lowest BCUT2D eigenvalue weighted by Crippen LogP contribution is -2.30. The number of carbonyl (C=O) groups excluding carboxylic acids is 8. The summed E-state index contributed by atoms with van der Waals surface area (Å²) in [6.07, 6.45) is -0.641. The molecule has 30 nitrogen and oxygen atoms in total. The fourth-order valence-corrected chi connectivity index (χ4v) is 16.3. The second kappa shape index (κ2) is 48.7. The van der Waals surface area contributed by atoms with Crippen LogP contribution in [-0.4, -0.2) is 172 Å². The molecule has 0 aliphatic heterocycles. The summed E-state index contributed by atoms with van der Waals surface area (Å²) in [5, 5.41) is 21.4. The van der Waals surface area contributed by atoms with E-state index in [9.17, 15) is 78.3 Å². The SMILES string of the molecule is C.CC(=O)O.COC(=O)c1csc2c(-c3cc(Cl)ccc3OCCNC(=O)c3c(Br)cncc3NC(=O)C(F)F)ccnc12.COC(=O)c1csc2c(-c3cc(Cl)ccc3OCCNC(=O)c3c(N)cncc3Br)ccnc12.COC(=O)c1csc2c(-c3cc(Cl)ccc3OCCn3c(C(F)F)nc4cncc(Br)c4c3=O)ccnc12.I.O=C(OC(=O)C(F)F)C(F)F.[HH]. The molecule has 3 aromatic carbocycles. The number of nitrogens with one attached hydrogen (secondary N) is 3. The van der Waals surface area contributed by atoms with Gasteiger partial charge in [0.1, 0.15) is 37.1 Å². The molecule has 6 N–H and O–H groups in total. The molecule has 3 amide bonds. The van der Waals surface area contributed by atoms with Gasteiger partial charge in [-0.25, -0.2) is 37.7 Å². The van der Waals surface area contributed by atoms with E-state index in [2.05, 4.69) is 98.0 Å². The average molecular weight is 2200 g/mol. The van der Waals surface area contributed by atoms with Crippen molar-refractivity contribution in [2.75, 3.05) is 65.3 Å². The minimum Gasteiger partial charge on any atom is -0.491 e. The van der Waals surface area contributed by atoms with E-state index in [1.165, 1.54) is 86.3 Å². The maximum atomic E-state index is 13.8. The lowest BCUT2D eigenvalue weighted by atomic mass is 10.0. The molecule has 10 heterocycles. The number of benzene rings is 3. The molecule has 0 aliphatic rings. The van der Waals surface area contributed by atoms with E-state index >= 15 is 0 Å². The number of methoxy groups -OCH3 is 3. The van der Waals surface area contributed by atoms with Crippen LogP contribution in [0.15, 0.2) is 163 Å². The van der Waals surface area contributed by atoms with Gasteiger partial charge in [-0.1, -0.05) is 42.2 Å². The molecule has 0 aliphatic carbocycles. The maximum Gasteiger partial charge on any atom is 0.381 e. The fraction of sp³-hybridized carbons (Fsp3) is 0.188. The standard InChI is InChI=1S/C25H18BrClF2N4O5S.C25H16BrClF2N4O4S.C23H18BrClN4O4S.C4H2F4O3.C2H4O2.CH4.HI.H2/c1-37-25(36)15-11-39-21-13(4-5-31-20(15)21)14-8-12(27)2-3-18(14)38-7-6-32-23(34)19-16(26)9-30-10-17(19)33-24(35)22(28)29;1-36-25(35)15-11-38-21-13(4-5-31-20(15)21)14-8-12(27)2-3-18(14)37-7-6-33-23(22(28)29)32-17-10-30-9-16(26)19(17)24(33)34;1-32-23(31)15-11-34-21-13(4-5-28-20(15)21)14-8-12(25)2-3-18(14)33-7-6-29-22(30)19-16(24)9-27-10-17(19)26;5-1(6)3(9)11-4(10)2(7)8;1-2(3)4;;;/h2-5,8-11,22H,6-7H2,1H3,(H,32,34)(H,33,35);2-5,8-11,22H,6-7H2,1H3;2-5,8-11H,6-7,26H2,1H3,(H,29,30);1-2H;1H3,(H,3,4);1H4;2*1H. The van der Waals surface area contributed by atoms with Crippen molar-refractivity contribution in [2.24, 2.45) is 0 Å². The van der Waals surface area contributed by atoms with Gasteiger partial charge >= 0.3 is 49.1 Å². The third-order valence-electron chi connectivity index (χ3n) is 16.5. The van der Waals surface area contributed by atoms with Gasteiger partial charge < -0.3 is 59.9 Å². The summed E-state index contributed by atoms with van der Waals surface area (Å²) in [4.78, 5) is 143. The van der Waals surface area contributed by atoms with Gasteiger partial charge in [-0.05, 0) is 121 Å². The number of carboxylic acid groups (broad SMARTS) is 1. The number of carbonyl (C=O) groups is 9. The van der Waals surface area contributed by atoms with Gasteiger partial charge in [0.15, 0.2) is 5.82 Å². The Bertz CT molecular complexity index is 6320. The zero-order chi connectivity index (χ0) is 91.9. The van der Waals surface area contributed by atoms with Crippen LogP contribution in [0.4, 0.5) is 46.5 Å². The quantitative estimate of drug-likeness (QED) is 0.00886. The van der Waals surface area contributed by atoms with Gasteiger partial charge in [-0.2, -0.15) is 26.3 Å². The van der Waals surface area contributed by atoms with Crippen LogP contribution in [0, 0.1) is 0 Å². The Balaban J connectivity index is 0.000000273. The number of amides is 3. The first-order valence-corrected chi connectivity index (χ1v) is 41.4. The highest BCUT2D eigenvalue weighted by atomic mass is 127. The Morgan fingerprint density at radius 2 is 0.906 bits per heavy atom. The summed E-state index contributed by atoms with van der Waals surface area (Å²) in [5.41, 5.74) is 12.5. The molecule has 128 heavy (non-hydrogen) atoms. The number of thiophene rings is 3. The van der Waals surface area contributed by atoms with E-state index in [-0.39, 0.29) is 111 Å². The van der Waals surface area contributed by atoms with Crippen LogP contribution in [-0.2, 0) is 44.7 Å². The number of aliphatic carboxylic acids is 1. The second-order valence-corrected chi connectivity index (χ2v) is 31.0. The molecule has 0 fully saturated rings. The largest absolute Gasteiger partial charge is 0.491 e. The predicted octanol–water partition coefficient (Wildman–Crippen LogP) is 19.0. The minimum absolute atomic E-state index is 0. The van der Waals surface area contributed by atoms with E-state index < -0.39 is 84.7 Å². The number of esters is 5. The highest BCUT2D eigenvalue weighted by Gasteiger charge is 2.29. The number of alkyl halides is 8. The fourth-order valence-electron chi connectivity index (χ4n) is 11.1. The number of hydrogen-bond acceptors (Lipinski definition) is 28. The molecule has 676 valence electrons. The van der Waals surface area contributed by atoms with Gasteiger partial charge in [-0.15, -0.1) is 58.0 Å². The third-order valence-corrected chi connectivity index (χ3v) is 22.0. The first-order chi connectivity index (χ1) is 60.1. The number of hydrogen-bond donors (Lipinski definition) is 5. The summed E-state index contributed by atoms with van der Waals surface area (Å²) in [6, 6.07) is 20.7. The van der Waals surface area contributed by atoms with Crippen LogP contribution in [0.2, 0.25) is 15.1 Å². The van der Waals surface area contributed by atoms with Crippen LogP contribution in [0.25, 0.3) is 74.9 Å². The zero-order valence-electron chi connectivity index (χ0n) is 64.9. The number of nitrogen functional groups attached to an aromatic ring is 1. The van der Waals surface area contributed by atoms with Crippen molar-refractivity contribution in [1.29, 1.82) is 0 Å². The van der Waals surface area contributed by atoms with Crippen LogP contribution < -0.4 is 41.5 Å². The monoisotopic (exact) mass is 2200 g/mol. The number of anilines is 2.